The Morgan fingerprint density at radius 3 is 2.07 bits per heavy atom. The number of benzene rings is 2. The first-order chi connectivity index (χ1) is 26.5. The first kappa shape index (κ1) is 48.4. The lowest BCUT2D eigenvalue weighted by atomic mass is 9.96. The molecule has 0 spiro atoms. The van der Waals surface area contributed by atoms with Crippen molar-refractivity contribution in [1.82, 2.24) is 35.1 Å². The van der Waals surface area contributed by atoms with Gasteiger partial charge in [0.05, 0.1) is 49.6 Å². The number of likely N-dealkylation sites (tertiary alicyclic amines) is 1. The van der Waals surface area contributed by atoms with E-state index in [1.807, 2.05) is 31.9 Å². The molecule has 0 unspecified atom stereocenters. The predicted molar refractivity (Wildman–Crippen MR) is 244 cm³/mol. The number of fused-ring (bicyclic) bond motifs is 2. The van der Waals surface area contributed by atoms with Crippen LogP contribution in [0, 0.1) is 17.8 Å². The lowest BCUT2D eigenvalue weighted by Crippen LogP contribution is -2.51. The molecule has 58 heavy (non-hydrogen) atoms. The smallest absolute Gasteiger partial charge is 0.407 e. The van der Waals surface area contributed by atoms with Crippen molar-refractivity contribution in [3.8, 4) is 33.6 Å². The molecule has 0 aliphatic carbocycles. The highest BCUT2D eigenvalue weighted by molar-refractivity contribution is 7.59. The highest BCUT2D eigenvalue weighted by atomic mass is 32.1. The Labute approximate surface area is 364 Å². The second-order valence-electron chi connectivity index (χ2n) is 15.7. The van der Waals surface area contributed by atoms with E-state index in [4.69, 9.17) is 19.4 Å². The molecule has 3 atom stereocenters. The number of nitrogens with zero attached hydrogens (tertiary/aromatic N) is 4. The van der Waals surface area contributed by atoms with E-state index in [0.29, 0.717) is 31.5 Å². The second-order valence-corrected chi connectivity index (χ2v) is 15.7. The van der Waals surface area contributed by atoms with Gasteiger partial charge < -0.3 is 34.6 Å². The van der Waals surface area contributed by atoms with Gasteiger partial charge in [0, 0.05) is 31.2 Å². The Kier molecular flexibility index (Phi) is 18.8. The van der Waals surface area contributed by atoms with Crippen molar-refractivity contribution >= 4 is 58.4 Å². The molecule has 0 radical (unpaired) electrons. The normalized spacial score (nSPS) is 17.1. The average Bonchev–Trinajstić information content (AvgIpc) is 3.97. The van der Waals surface area contributed by atoms with E-state index in [1.165, 1.54) is 7.11 Å². The Balaban J connectivity index is 0.00000300. The van der Waals surface area contributed by atoms with Gasteiger partial charge in [-0.2, -0.15) is 40.5 Å². The molecule has 1 fully saturated rings. The second kappa shape index (κ2) is 22.5. The summed E-state index contributed by atoms with van der Waals surface area (Å²) in [6, 6.07) is 16.0. The van der Waals surface area contributed by atoms with Gasteiger partial charge in [-0.25, -0.2) is 14.8 Å². The molecule has 3 N–H and O–H groups in total. The zero-order valence-electron chi connectivity index (χ0n) is 34.7. The number of aromatic amines is 2. The van der Waals surface area contributed by atoms with Crippen LogP contribution in [0.5, 0.6) is 0 Å². The molecule has 2 bridgehead atoms. The van der Waals surface area contributed by atoms with Gasteiger partial charge in [0.25, 0.3) is 0 Å². The summed E-state index contributed by atoms with van der Waals surface area (Å²) in [5.74, 6) is 1.73. The van der Waals surface area contributed by atoms with Crippen LogP contribution in [0.1, 0.15) is 96.5 Å². The van der Waals surface area contributed by atoms with Crippen LogP contribution >= 0.6 is 40.5 Å². The average molecular weight is 854 g/mol. The molecule has 2 aliphatic heterocycles. The van der Waals surface area contributed by atoms with Crippen LogP contribution in [-0.2, 0) is 32.2 Å². The molecule has 2 aromatic heterocycles. The molecular formula is C43H63N7O5S3. The van der Waals surface area contributed by atoms with Gasteiger partial charge in [0.2, 0.25) is 11.8 Å². The molecule has 15 heteroatoms. The zero-order chi connectivity index (χ0) is 39.1. The largest absolute Gasteiger partial charge is 0.453 e. The van der Waals surface area contributed by atoms with Crippen LogP contribution in [0.15, 0.2) is 54.7 Å². The number of alkyl carbamates (subject to hydrolysis) is 1. The maximum Gasteiger partial charge on any atom is 0.407 e. The summed E-state index contributed by atoms with van der Waals surface area (Å²) in [5.41, 5.74) is 6.74. The number of imidazole rings is 2. The standard InChI is InChI=1S/C43H57N7O5.3H2S/c1-27(2)29(5)41(51)50-22-11-12-36(50)40-44-24-34(46-40)32-17-13-30(14-18-32)31-15-19-33(20-16-31)39-35-26-55-23-10-8-7-9-21-49(25-37(45-35)47-39)42(52)38(28(3)4)48-43(53)54-6;;;/h13-20,24,27-29,36,38H,7-12,21-23,25-26H2,1-6H3,(H,44,46)(H,45,47)(H,48,53);3*1H2/t29-,36-,38-;;;/m0.../s1. The van der Waals surface area contributed by atoms with Gasteiger partial charge in [-0.1, -0.05) is 96.0 Å². The van der Waals surface area contributed by atoms with E-state index in [0.717, 1.165) is 90.2 Å². The van der Waals surface area contributed by atoms with Crippen molar-refractivity contribution < 1.29 is 23.9 Å². The quantitative estimate of drug-likeness (QED) is 0.154. The number of methoxy groups -OCH3 is 1. The highest BCUT2D eigenvalue weighted by Crippen LogP contribution is 2.34. The van der Waals surface area contributed by atoms with Crippen LogP contribution in [0.4, 0.5) is 4.79 Å². The minimum absolute atomic E-state index is 0. The van der Waals surface area contributed by atoms with E-state index in [-0.39, 0.29) is 76.7 Å². The van der Waals surface area contributed by atoms with Crippen LogP contribution in [0.3, 0.4) is 0 Å². The maximum absolute atomic E-state index is 13.8. The number of nitrogens with one attached hydrogen (secondary N) is 3. The zero-order valence-corrected chi connectivity index (χ0v) is 37.7. The number of carbonyl (C=O) groups excluding carboxylic acids is 3. The number of carbonyl (C=O) groups is 3. The molecule has 1 saturated heterocycles. The maximum atomic E-state index is 13.8. The minimum atomic E-state index is -0.711. The molecule has 0 saturated carbocycles. The Bertz CT molecular complexity index is 1920. The monoisotopic (exact) mass is 853 g/mol. The Morgan fingerprint density at radius 1 is 0.793 bits per heavy atom. The third kappa shape index (κ3) is 11.6. The first-order valence-electron chi connectivity index (χ1n) is 19.9. The molecule has 2 aliphatic rings. The summed E-state index contributed by atoms with van der Waals surface area (Å²) in [6.07, 6.45) is 6.93. The van der Waals surface area contributed by atoms with E-state index in [9.17, 15) is 14.4 Å². The number of hydrogen-bond acceptors (Lipinski definition) is 7. The topological polar surface area (TPSA) is 146 Å². The third-order valence-corrected chi connectivity index (χ3v) is 11.1. The first-order valence-corrected chi connectivity index (χ1v) is 19.9. The van der Waals surface area contributed by atoms with Crippen LogP contribution in [-0.4, -0.2) is 80.5 Å². The summed E-state index contributed by atoms with van der Waals surface area (Å²) in [7, 11) is 1.30. The SMILES string of the molecule is COC(=O)N[C@H](C(=O)N1CCCCCCOCc2[nH]c(nc2-c2ccc(-c3ccc(-c4cnc([C@@H]5CCCN5C(=O)[C@@H](C)C(C)C)[nH]4)cc3)cc2)C1)C(C)C.S.S.S. The minimum Gasteiger partial charge on any atom is -0.453 e. The van der Waals surface area contributed by atoms with Gasteiger partial charge in [-0.05, 0) is 54.2 Å². The lowest BCUT2D eigenvalue weighted by molar-refractivity contribution is -0.137. The number of ether oxygens (including phenoxy) is 2. The van der Waals surface area contributed by atoms with E-state index in [2.05, 4.69) is 77.7 Å². The summed E-state index contributed by atoms with van der Waals surface area (Å²) in [6.45, 7) is 12.7. The van der Waals surface area contributed by atoms with Crippen molar-refractivity contribution in [2.75, 3.05) is 26.8 Å². The number of rotatable bonds is 9. The summed E-state index contributed by atoms with van der Waals surface area (Å²) >= 11 is 0. The molecule has 2 aromatic carbocycles. The molecule has 318 valence electrons. The molecule has 4 aromatic rings. The number of aromatic nitrogens is 4. The Morgan fingerprint density at radius 2 is 1.43 bits per heavy atom. The summed E-state index contributed by atoms with van der Waals surface area (Å²) in [4.78, 5) is 59.6. The Hall–Kier alpha value is -3.92. The summed E-state index contributed by atoms with van der Waals surface area (Å²) < 4.78 is 10.9. The van der Waals surface area contributed by atoms with Gasteiger partial charge in [-0.15, -0.1) is 0 Å². The van der Waals surface area contributed by atoms with Crippen molar-refractivity contribution in [2.24, 2.45) is 17.8 Å². The fraction of sp³-hybridized carbons (Fsp3) is 0.512. The van der Waals surface area contributed by atoms with Crippen LogP contribution in [0.25, 0.3) is 33.6 Å². The van der Waals surface area contributed by atoms with Crippen molar-refractivity contribution in [1.29, 1.82) is 0 Å². The van der Waals surface area contributed by atoms with Crippen molar-refractivity contribution in [2.45, 2.75) is 98.4 Å². The van der Waals surface area contributed by atoms with Gasteiger partial charge >= 0.3 is 6.09 Å². The third-order valence-electron chi connectivity index (χ3n) is 11.1. The van der Waals surface area contributed by atoms with Crippen molar-refractivity contribution in [3.05, 3.63) is 72.1 Å². The van der Waals surface area contributed by atoms with Crippen LogP contribution < -0.4 is 5.32 Å². The highest BCUT2D eigenvalue weighted by Gasteiger charge is 2.35. The van der Waals surface area contributed by atoms with E-state index >= 15 is 0 Å². The van der Waals surface area contributed by atoms with E-state index in [1.54, 1.807) is 4.90 Å². The fourth-order valence-corrected chi connectivity index (χ4v) is 7.44. The van der Waals surface area contributed by atoms with Crippen LogP contribution in [0.2, 0.25) is 0 Å². The van der Waals surface area contributed by atoms with Crippen molar-refractivity contribution in [3.63, 3.8) is 0 Å². The molecule has 4 heterocycles. The molecule has 6 rings (SSSR count). The van der Waals surface area contributed by atoms with E-state index < -0.39 is 12.1 Å². The summed E-state index contributed by atoms with van der Waals surface area (Å²) in [5, 5.41) is 2.73. The predicted octanol–water partition coefficient (Wildman–Crippen LogP) is 8.23. The number of H-pyrrole nitrogens is 2. The van der Waals surface area contributed by atoms with Gasteiger partial charge in [0.15, 0.2) is 0 Å². The number of amides is 3. The fourth-order valence-electron chi connectivity index (χ4n) is 7.44. The lowest BCUT2D eigenvalue weighted by Gasteiger charge is -2.29. The van der Waals surface area contributed by atoms with Gasteiger partial charge in [0.1, 0.15) is 17.7 Å². The number of hydrogen-bond donors (Lipinski definition) is 3. The molecule has 3 amide bonds. The molecular weight excluding hydrogens is 791 g/mol. The van der Waals surface area contributed by atoms with Gasteiger partial charge in [-0.3, -0.25) is 9.59 Å². The molecule has 12 nitrogen and oxygen atoms in total.